The molecule has 9 nitrogen and oxygen atoms in total. The molecule has 0 radical (unpaired) electrons. The van der Waals surface area contributed by atoms with E-state index in [4.69, 9.17) is 27.4 Å². The molecular formula is C22H24BrN3O6S. The highest BCUT2D eigenvalue weighted by molar-refractivity contribution is 9.10. The number of nitrogens with two attached hydrogens (primary N) is 1. The van der Waals surface area contributed by atoms with Gasteiger partial charge in [-0.1, -0.05) is 40.2 Å². The van der Waals surface area contributed by atoms with Crippen molar-refractivity contribution in [1.29, 1.82) is 0 Å². The predicted molar refractivity (Wildman–Crippen MR) is 127 cm³/mol. The van der Waals surface area contributed by atoms with Crippen molar-refractivity contribution in [2.24, 2.45) is 10.8 Å². The van der Waals surface area contributed by atoms with Crippen molar-refractivity contribution in [1.82, 2.24) is 5.01 Å². The van der Waals surface area contributed by atoms with Crippen LogP contribution in [0.5, 0.6) is 5.75 Å². The van der Waals surface area contributed by atoms with E-state index in [1.165, 1.54) is 0 Å². The van der Waals surface area contributed by atoms with Crippen molar-refractivity contribution >= 4 is 39.0 Å². The Hall–Kier alpha value is -2.12. The molecule has 33 heavy (non-hydrogen) atoms. The van der Waals surface area contributed by atoms with Crippen LogP contribution in [0, 0.1) is 0 Å². The summed E-state index contributed by atoms with van der Waals surface area (Å²) in [5.41, 5.74) is 8.66. The first-order chi connectivity index (χ1) is 15.8. The summed E-state index contributed by atoms with van der Waals surface area (Å²) in [6.45, 7) is -0.527. The molecule has 1 saturated heterocycles. The zero-order valence-electron chi connectivity index (χ0n) is 17.4. The highest BCUT2D eigenvalue weighted by Crippen LogP contribution is 2.34. The van der Waals surface area contributed by atoms with Gasteiger partial charge in [-0.15, -0.1) is 0 Å². The van der Waals surface area contributed by atoms with Crippen LogP contribution in [-0.4, -0.2) is 73.6 Å². The Bertz CT molecular complexity index is 1020. The van der Waals surface area contributed by atoms with Crippen molar-refractivity contribution < 1.29 is 29.9 Å². The summed E-state index contributed by atoms with van der Waals surface area (Å²) < 4.78 is 12.0. The fourth-order valence-electron chi connectivity index (χ4n) is 3.86. The third-order valence-corrected chi connectivity index (χ3v) is 6.39. The Labute approximate surface area is 204 Å². The highest BCUT2D eigenvalue weighted by Gasteiger charge is 2.44. The number of ether oxygens (including phenoxy) is 2. The fraction of sp³-hybridized carbons (Fsp3) is 0.364. The molecule has 0 saturated carbocycles. The minimum Gasteiger partial charge on any atom is -0.462 e. The van der Waals surface area contributed by atoms with E-state index >= 15 is 0 Å². The summed E-state index contributed by atoms with van der Waals surface area (Å²) in [5, 5.41) is 45.7. The summed E-state index contributed by atoms with van der Waals surface area (Å²) in [6, 6.07) is 14.7. The lowest BCUT2D eigenvalue weighted by Gasteiger charge is -2.39. The molecule has 0 aromatic heterocycles. The average Bonchev–Trinajstić information content (AvgIpc) is 3.26. The van der Waals surface area contributed by atoms with E-state index in [0.29, 0.717) is 12.2 Å². The third-order valence-electron chi connectivity index (χ3n) is 5.68. The predicted octanol–water partition coefficient (Wildman–Crippen LogP) is 1.02. The van der Waals surface area contributed by atoms with Gasteiger partial charge in [0.05, 0.1) is 18.4 Å². The Morgan fingerprint density at radius 1 is 1.09 bits per heavy atom. The zero-order valence-corrected chi connectivity index (χ0v) is 19.8. The van der Waals surface area contributed by atoms with Gasteiger partial charge in [0.25, 0.3) is 0 Å². The number of nitrogens with zero attached hydrogens (tertiary/aromatic N) is 2. The molecule has 1 fully saturated rings. The molecule has 2 heterocycles. The van der Waals surface area contributed by atoms with E-state index in [0.717, 1.165) is 21.3 Å². The molecule has 0 bridgehead atoms. The van der Waals surface area contributed by atoms with Crippen molar-refractivity contribution in [2.75, 3.05) is 6.61 Å². The van der Waals surface area contributed by atoms with E-state index < -0.39 is 37.3 Å². The van der Waals surface area contributed by atoms with Gasteiger partial charge >= 0.3 is 0 Å². The van der Waals surface area contributed by atoms with Crippen LogP contribution in [0.4, 0.5) is 0 Å². The van der Waals surface area contributed by atoms with Crippen LogP contribution in [0.15, 0.2) is 58.1 Å². The maximum atomic E-state index is 10.2. The van der Waals surface area contributed by atoms with Gasteiger partial charge < -0.3 is 35.6 Å². The van der Waals surface area contributed by atoms with Gasteiger partial charge in [0.2, 0.25) is 6.29 Å². The molecule has 2 aliphatic rings. The van der Waals surface area contributed by atoms with Crippen LogP contribution in [0.2, 0.25) is 0 Å². The normalized spacial score (nSPS) is 29.6. The second-order valence-corrected chi connectivity index (χ2v) is 9.17. The summed E-state index contributed by atoms with van der Waals surface area (Å²) in [4.78, 5) is 0. The monoisotopic (exact) mass is 537 g/mol. The van der Waals surface area contributed by atoms with Gasteiger partial charge in [-0.05, 0) is 47.6 Å². The summed E-state index contributed by atoms with van der Waals surface area (Å²) in [6.07, 6.45) is -6.12. The van der Waals surface area contributed by atoms with E-state index in [9.17, 15) is 20.4 Å². The lowest BCUT2D eigenvalue weighted by molar-refractivity contribution is -0.277. The van der Waals surface area contributed by atoms with E-state index in [-0.39, 0.29) is 11.2 Å². The second kappa shape index (κ2) is 10.0. The standard InChI is InChI=1S/C22H24BrN3O6S/c23-13-5-1-11(2-6-13)15-9-16(26(25-15)22(24)33)12-3-7-14(8-4-12)31-21-20(30)19(29)18(28)17(10-27)32-21/h1-8,16-21,27-30H,9-10H2,(H2,24,33)/t16?,17-,18-,19-,20-,21-/m1/s1. The molecule has 0 aliphatic carbocycles. The molecule has 0 amide bonds. The number of hydrogen-bond acceptors (Lipinski definition) is 8. The van der Waals surface area contributed by atoms with Gasteiger partial charge in [-0.3, -0.25) is 0 Å². The minimum atomic E-state index is -1.51. The molecule has 1 unspecified atom stereocenters. The Balaban J connectivity index is 1.48. The lowest BCUT2D eigenvalue weighted by atomic mass is 9.98. The summed E-state index contributed by atoms with van der Waals surface area (Å²) in [7, 11) is 0. The quantitative estimate of drug-likeness (QED) is 0.353. The Morgan fingerprint density at radius 3 is 2.36 bits per heavy atom. The maximum Gasteiger partial charge on any atom is 0.229 e. The molecule has 2 aliphatic heterocycles. The molecule has 0 spiro atoms. The highest BCUT2D eigenvalue weighted by atomic mass is 79.9. The van der Waals surface area contributed by atoms with Gasteiger partial charge in [-0.25, -0.2) is 5.01 Å². The van der Waals surface area contributed by atoms with Crippen molar-refractivity contribution in [3.05, 3.63) is 64.1 Å². The number of hydrogen-bond donors (Lipinski definition) is 5. The molecule has 6 atom stereocenters. The van der Waals surface area contributed by atoms with E-state index in [1.807, 2.05) is 36.4 Å². The first kappa shape index (κ1) is 24.0. The number of thiocarbonyl (C=S) groups is 1. The van der Waals surface area contributed by atoms with Gasteiger partial charge in [0.15, 0.2) is 5.11 Å². The van der Waals surface area contributed by atoms with Crippen molar-refractivity contribution in [2.45, 2.75) is 43.2 Å². The van der Waals surface area contributed by atoms with Crippen molar-refractivity contribution in [3.8, 4) is 5.75 Å². The third kappa shape index (κ3) is 5.04. The zero-order chi connectivity index (χ0) is 23.7. The Kier molecular flexibility index (Phi) is 7.29. The summed E-state index contributed by atoms with van der Waals surface area (Å²) in [5.74, 6) is 0.372. The smallest absolute Gasteiger partial charge is 0.229 e. The van der Waals surface area contributed by atoms with E-state index in [2.05, 4.69) is 21.0 Å². The van der Waals surface area contributed by atoms with Crippen molar-refractivity contribution in [3.63, 3.8) is 0 Å². The lowest BCUT2D eigenvalue weighted by Crippen LogP contribution is -2.60. The van der Waals surface area contributed by atoms with Crippen LogP contribution >= 0.6 is 28.1 Å². The van der Waals surface area contributed by atoms with Crippen LogP contribution in [0.25, 0.3) is 0 Å². The van der Waals surface area contributed by atoms with Gasteiger partial charge in [-0.2, -0.15) is 5.10 Å². The number of rotatable bonds is 5. The molecule has 2 aromatic rings. The number of aliphatic hydroxyl groups is 4. The first-order valence-corrected chi connectivity index (χ1v) is 11.5. The molecule has 4 rings (SSSR count). The number of hydrazone groups is 1. The van der Waals surface area contributed by atoms with E-state index in [1.54, 1.807) is 17.1 Å². The molecule has 6 N–H and O–H groups in total. The van der Waals surface area contributed by atoms with Gasteiger partial charge in [0.1, 0.15) is 30.2 Å². The topological polar surface area (TPSA) is 141 Å². The average molecular weight is 538 g/mol. The molecule has 2 aromatic carbocycles. The van der Waals surface area contributed by atoms with Crippen LogP contribution in [0.3, 0.4) is 0 Å². The SMILES string of the molecule is NC(=S)N1N=C(c2ccc(Br)cc2)CC1c1ccc(O[C@@H]2O[C@H](CO)[C@@H](O)[C@@H](O)[C@H]2O)cc1. The van der Waals surface area contributed by atoms with Crippen LogP contribution < -0.4 is 10.5 Å². The fourth-order valence-corrected chi connectivity index (χ4v) is 4.29. The number of aliphatic hydroxyl groups excluding tert-OH is 4. The maximum absolute atomic E-state index is 10.2. The Morgan fingerprint density at radius 2 is 1.76 bits per heavy atom. The van der Waals surface area contributed by atoms with Crippen LogP contribution in [0.1, 0.15) is 23.6 Å². The first-order valence-electron chi connectivity index (χ1n) is 10.3. The minimum absolute atomic E-state index is 0.161. The van der Waals surface area contributed by atoms with Crippen LogP contribution in [-0.2, 0) is 4.74 Å². The molecular weight excluding hydrogens is 514 g/mol. The molecule has 11 heteroatoms. The molecule has 176 valence electrons. The van der Waals surface area contributed by atoms with Gasteiger partial charge in [0, 0.05) is 10.9 Å². The second-order valence-electron chi connectivity index (χ2n) is 7.84. The largest absolute Gasteiger partial charge is 0.462 e. The summed E-state index contributed by atoms with van der Waals surface area (Å²) >= 11 is 8.63. The number of benzene rings is 2. The number of halogens is 1.